The van der Waals surface area contributed by atoms with Crippen molar-refractivity contribution in [2.45, 2.75) is 25.2 Å². The first-order valence-corrected chi connectivity index (χ1v) is 7.60. The van der Waals surface area contributed by atoms with E-state index >= 15 is 0 Å². The van der Waals surface area contributed by atoms with Crippen molar-refractivity contribution in [3.8, 4) is 0 Å². The van der Waals surface area contributed by atoms with Crippen LogP contribution in [0.15, 0.2) is 29.2 Å². The fourth-order valence-corrected chi connectivity index (χ4v) is 2.48. The van der Waals surface area contributed by atoms with E-state index in [1.54, 1.807) is 16.7 Å². The topological polar surface area (TPSA) is 32.3 Å². The van der Waals surface area contributed by atoms with E-state index in [1.165, 1.54) is 10.5 Å². The molecule has 0 aromatic heterocycles. The Morgan fingerprint density at radius 2 is 1.94 bits per heavy atom. The molecule has 0 unspecified atom stereocenters. The monoisotopic (exact) mass is 266 g/mol. The van der Waals surface area contributed by atoms with Crippen LogP contribution in [0, 0.1) is 0 Å². The zero-order valence-corrected chi connectivity index (χ0v) is 12.2. The number of thioether (sulfide) groups is 1. The van der Waals surface area contributed by atoms with Crippen LogP contribution in [0.25, 0.3) is 0 Å². The molecule has 1 aromatic rings. The second-order valence-corrected chi connectivity index (χ2v) is 4.81. The maximum atomic E-state index is 11.8. The molecule has 0 heterocycles. The van der Waals surface area contributed by atoms with Crippen LogP contribution in [-0.2, 0) is 6.42 Å². The van der Waals surface area contributed by atoms with Crippen LogP contribution >= 0.6 is 11.8 Å². The first kappa shape index (κ1) is 14.9. The highest BCUT2D eigenvalue weighted by Crippen LogP contribution is 2.19. The van der Waals surface area contributed by atoms with Crippen molar-refractivity contribution in [3.05, 3.63) is 29.8 Å². The molecule has 0 atom stereocenters. The highest BCUT2D eigenvalue weighted by molar-refractivity contribution is 7.98. The molecule has 100 valence electrons. The fraction of sp³-hybridized carbons (Fsp3) is 0.500. The highest BCUT2D eigenvalue weighted by atomic mass is 32.2. The van der Waals surface area contributed by atoms with Crippen LogP contribution in [0.3, 0.4) is 0 Å². The smallest absolute Gasteiger partial charge is 0.317 e. The Kier molecular flexibility index (Phi) is 6.65. The number of carbonyl (C=O) groups excluding carboxylic acids is 1. The summed E-state index contributed by atoms with van der Waals surface area (Å²) in [6.07, 6.45) is 2.96. The highest BCUT2D eigenvalue weighted by Gasteiger charge is 2.08. The molecule has 4 heteroatoms. The molecule has 0 spiro atoms. The van der Waals surface area contributed by atoms with Gasteiger partial charge in [0, 0.05) is 24.5 Å². The van der Waals surface area contributed by atoms with Gasteiger partial charge in [-0.2, -0.15) is 0 Å². The lowest BCUT2D eigenvalue weighted by molar-refractivity contribution is 0.203. The average Bonchev–Trinajstić information content (AvgIpc) is 2.40. The SMILES string of the molecule is CCN(CC)C(=O)NCCc1ccccc1SC. The molecule has 1 N–H and O–H groups in total. The van der Waals surface area contributed by atoms with E-state index in [2.05, 4.69) is 23.7 Å². The molecular formula is C14H22N2OS. The number of carbonyl (C=O) groups is 1. The second kappa shape index (κ2) is 8.03. The molecule has 0 radical (unpaired) electrons. The Morgan fingerprint density at radius 1 is 1.28 bits per heavy atom. The molecule has 0 aliphatic heterocycles. The minimum atomic E-state index is 0.0293. The number of amides is 2. The Balaban J connectivity index is 2.44. The standard InChI is InChI=1S/C14H22N2OS/c1-4-16(5-2)14(17)15-11-10-12-8-6-7-9-13(12)18-3/h6-9H,4-5,10-11H2,1-3H3,(H,15,17). The molecule has 0 saturated heterocycles. The number of rotatable bonds is 6. The average molecular weight is 266 g/mol. The molecular weight excluding hydrogens is 244 g/mol. The molecule has 1 aromatic carbocycles. The first-order chi connectivity index (χ1) is 8.72. The number of urea groups is 1. The maximum absolute atomic E-state index is 11.8. The van der Waals surface area contributed by atoms with Crippen LogP contribution in [0.4, 0.5) is 4.79 Å². The van der Waals surface area contributed by atoms with Gasteiger partial charge in [-0.1, -0.05) is 18.2 Å². The van der Waals surface area contributed by atoms with E-state index in [0.717, 1.165) is 19.5 Å². The third-order valence-corrected chi connectivity index (χ3v) is 3.75. The molecule has 2 amide bonds. The third kappa shape index (κ3) is 4.26. The number of benzene rings is 1. The summed E-state index contributed by atoms with van der Waals surface area (Å²) in [5.74, 6) is 0. The van der Waals surface area contributed by atoms with Gasteiger partial charge in [0.2, 0.25) is 0 Å². The summed E-state index contributed by atoms with van der Waals surface area (Å²) in [7, 11) is 0. The quantitative estimate of drug-likeness (QED) is 0.803. The predicted molar refractivity (Wildman–Crippen MR) is 78.2 cm³/mol. The fourth-order valence-electron chi connectivity index (χ4n) is 1.84. The molecule has 0 aliphatic rings. The normalized spacial score (nSPS) is 10.2. The van der Waals surface area contributed by atoms with Crippen LogP contribution in [0.2, 0.25) is 0 Å². The summed E-state index contributed by atoms with van der Waals surface area (Å²) in [6, 6.07) is 8.36. The van der Waals surface area contributed by atoms with Gasteiger partial charge in [-0.3, -0.25) is 0 Å². The van der Waals surface area contributed by atoms with E-state index in [0.29, 0.717) is 6.54 Å². The van der Waals surface area contributed by atoms with Crippen LogP contribution in [-0.4, -0.2) is 36.8 Å². The number of nitrogens with zero attached hydrogens (tertiary/aromatic N) is 1. The van der Waals surface area contributed by atoms with Crippen molar-refractivity contribution >= 4 is 17.8 Å². The molecule has 0 aliphatic carbocycles. The molecule has 0 bridgehead atoms. The van der Waals surface area contributed by atoms with Crippen LogP contribution in [0.1, 0.15) is 19.4 Å². The van der Waals surface area contributed by atoms with Crippen molar-refractivity contribution in [3.63, 3.8) is 0 Å². The number of nitrogens with one attached hydrogen (secondary N) is 1. The Labute approximate surface area is 114 Å². The lowest BCUT2D eigenvalue weighted by Crippen LogP contribution is -2.40. The van der Waals surface area contributed by atoms with Gasteiger partial charge in [0.05, 0.1) is 0 Å². The summed E-state index contributed by atoms with van der Waals surface area (Å²) in [5, 5.41) is 2.96. The summed E-state index contributed by atoms with van der Waals surface area (Å²) in [5.41, 5.74) is 1.30. The van der Waals surface area contributed by atoms with Crippen molar-refractivity contribution in [1.82, 2.24) is 10.2 Å². The lowest BCUT2D eigenvalue weighted by Gasteiger charge is -2.19. The number of hydrogen-bond donors (Lipinski definition) is 1. The van der Waals surface area contributed by atoms with Gasteiger partial charge in [-0.15, -0.1) is 11.8 Å². The van der Waals surface area contributed by atoms with Gasteiger partial charge >= 0.3 is 6.03 Å². The Morgan fingerprint density at radius 3 is 2.56 bits per heavy atom. The van der Waals surface area contributed by atoms with Gasteiger partial charge in [0.15, 0.2) is 0 Å². The predicted octanol–water partition coefficient (Wildman–Crippen LogP) is 3.00. The van der Waals surface area contributed by atoms with Gasteiger partial charge in [-0.05, 0) is 38.2 Å². The first-order valence-electron chi connectivity index (χ1n) is 6.37. The van der Waals surface area contributed by atoms with Gasteiger partial charge in [-0.25, -0.2) is 4.79 Å². The van der Waals surface area contributed by atoms with Gasteiger partial charge in [0.25, 0.3) is 0 Å². The maximum Gasteiger partial charge on any atom is 0.317 e. The largest absolute Gasteiger partial charge is 0.338 e. The van der Waals surface area contributed by atoms with Crippen molar-refractivity contribution < 1.29 is 4.79 Å². The van der Waals surface area contributed by atoms with E-state index in [9.17, 15) is 4.79 Å². The van der Waals surface area contributed by atoms with E-state index < -0.39 is 0 Å². The van der Waals surface area contributed by atoms with Gasteiger partial charge in [0.1, 0.15) is 0 Å². The van der Waals surface area contributed by atoms with Crippen LogP contribution < -0.4 is 5.32 Å². The minimum Gasteiger partial charge on any atom is -0.338 e. The zero-order chi connectivity index (χ0) is 13.4. The molecule has 3 nitrogen and oxygen atoms in total. The summed E-state index contributed by atoms with van der Waals surface area (Å²) in [6.45, 7) is 6.18. The van der Waals surface area contributed by atoms with E-state index in [1.807, 2.05) is 26.0 Å². The minimum absolute atomic E-state index is 0.0293. The molecule has 0 saturated carbocycles. The lowest BCUT2D eigenvalue weighted by atomic mass is 10.1. The molecule has 1 rings (SSSR count). The van der Waals surface area contributed by atoms with Crippen molar-refractivity contribution in [2.24, 2.45) is 0 Å². The Hall–Kier alpha value is -1.16. The third-order valence-electron chi connectivity index (χ3n) is 2.91. The summed E-state index contributed by atoms with van der Waals surface area (Å²) in [4.78, 5) is 14.8. The van der Waals surface area contributed by atoms with Crippen LogP contribution in [0.5, 0.6) is 0 Å². The second-order valence-electron chi connectivity index (χ2n) is 3.97. The van der Waals surface area contributed by atoms with E-state index in [4.69, 9.17) is 0 Å². The zero-order valence-electron chi connectivity index (χ0n) is 11.4. The van der Waals surface area contributed by atoms with Crippen molar-refractivity contribution in [2.75, 3.05) is 25.9 Å². The van der Waals surface area contributed by atoms with E-state index in [-0.39, 0.29) is 6.03 Å². The molecule has 0 fully saturated rings. The number of hydrogen-bond acceptors (Lipinski definition) is 2. The molecule has 18 heavy (non-hydrogen) atoms. The Bertz CT molecular complexity index is 378. The van der Waals surface area contributed by atoms with Gasteiger partial charge < -0.3 is 10.2 Å². The van der Waals surface area contributed by atoms with Crippen molar-refractivity contribution in [1.29, 1.82) is 0 Å². The summed E-state index contributed by atoms with van der Waals surface area (Å²) < 4.78 is 0. The summed E-state index contributed by atoms with van der Waals surface area (Å²) >= 11 is 1.75.